The Labute approximate surface area is 640 Å². The summed E-state index contributed by atoms with van der Waals surface area (Å²) in [6.45, 7) is 0. The van der Waals surface area contributed by atoms with Crippen molar-refractivity contribution in [2.75, 3.05) is 0 Å². The van der Waals surface area contributed by atoms with Gasteiger partial charge in [0.05, 0.1) is 27.4 Å². The van der Waals surface area contributed by atoms with E-state index in [1.165, 1.54) is 0 Å². The molecular formula is C104H64O2. The van der Waals surface area contributed by atoms with E-state index in [-0.39, 0.29) is 107 Å². The predicted molar refractivity (Wildman–Crippen MR) is 451 cm³/mol. The van der Waals surface area contributed by atoms with Crippen LogP contribution in [0.3, 0.4) is 0 Å². The molecule has 0 atom stereocenters. The van der Waals surface area contributed by atoms with Crippen LogP contribution in [0.1, 0.15) is 27.4 Å². The molecule has 0 unspecified atom stereocenters. The lowest BCUT2D eigenvalue weighted by Gasteiger charge is -2.20. The van der Waals surface area contributed by atoms with Gasteiger partial charge in [-0.2, -0.15) is 0 Å². The molecule has 2 aromatic heterocycles. The Balaban J connectivity index is 0.000000154. The van der Waals surface area contributed by atoms with Gasteiger partial charge in [0.25, 0.3) is 0 Å². The van der Waals surface area contributed by atoms with Crippen molar-refractivity contribution in [1.29, 1.82) is 0 Å². The summed E-state index contributed by atoms with van der Waals surface area (Å²) in [5.74, 6) is 0. The highest BCUT2D eigenvalue weighted by atomic mass is 16.3. The second kappa shape index (κ2) is 25.0. The molecule has 0 aliphatic carbocycles. The summed E-state index contributed by atoms with van der Waals surface area (Å²) >= 11 is 0. The summed E-state index contributed by atoms with van der Waals surface area (Å²) in [6, 6.07) is 81.1. The van der Waals surface area contributed by atoms with Gasteiger partial charge in [-0.15, -0.1) is 0 Å². The first-order valence-electron chi connectivity index (χ1n) is 44.9. The molecule has 2 heterocycles. The van der Waals surface area contributed by atoms with Gasteiger partial charge in [0.2, 0.25) is 0 Å². The molecule has 492 valence electrons. The molecule has 0 aliphatic rings. The fourth-order valence-electron chi connectivity index (χ4n) is 16.3. The first-order chi connectivity index (χ1) is 60.9. The molecule has 0 bridgehead atoms. The largest absolute Gasteiger partial charge is 0.456 e. The summed E-state index contributed by atoms with van der Waals surface area (Å²) < 4.78 is 183. The van der Waals surface area contributed by atoms with Crippen molar-refractivity contribution in [2.24, 2.45) is 0 Å². The predicted octanol–water partition coefficient (Wildman–Crippen LogP) is 29.7. The third-order valence-electron chi connectivity index (χ3n) is 20.8. The molecule has 0 amide bonds. The van der Waals surface area contributed by atoms with E-state index in [9.17, 15) is 0 Å². The van der Waals surface area contributed by atoms with Crippen LogP contribution in [0.15, 0.2) is 397 Å². The number of rotatable bonds is 8. The molecule has 0 aliphatic heterocycles. The minimum Gasteiger partial charge on any atom is -0.456 e. The molecule has 0 radical (unpaired) electrons. The first kappa shape index (κ1) is 43.8. The Morgan fingerprint density at radius 3 is 1.00 bits per heavy atom. The molecule has 0 spiro atoms. The maximum Gasteiger partial charge on any atom is 0.143 e. The number of fused-ring (bicyclic) bond motifs is 16. The Kier molecular flexibility index (Phi) is 10.3. The Morgan fingerprint density at radius 2 is 0.528 bits per heavy atom. The fourth-order valence-corrected chi connectivity index (χ4v) is 16.3. The van der Waals surface area contributed by atoms with Gasteiger partial charge in [-0.3, -0.25) is 0 Å². The monoisotopic (exact) mass is 1360 g/mol. The summed E-state index contributed by atoms with van der Waals surface area (Å²) in [5, 5.41) is 18.0. The van der Waals surface area contributed by atoms with Crippen molar-refractivity contribution in [3.05, 3.63) is 388 Å². The van der Waals surface area contributed by atoms with Crippen LogP contribution in [-0.2, 0) is 0 Å². The number of hydrogen-bond acceptors (Lipinski definition) is 2. The van der Waals surface area contributed by atoms with Gasteiger partial charge < -0.3 is 8.83 Å². The Morgan fingerprint density at radius 1 is 0.179 bits per heavy atom. The topological polar surface area (TPSA) is 26.3 Å². The van der Waals surface area contributed by atoms with Crippen molar-refractivity contribution in [3.8, 4) is 89.0 Å². The van der Waals surface area contributed by atoms with Gasteiger partial charge in [-0.05, 0) is 224 Å². The van der Waals surface area contributed by atoms with E-state index >= 15 is 0 Å². The van der Waals surface area contributed by atoms with Crippen LogP contribution in [0.2, 0.25) is 0 Å². The zero-order valence-corrected chi connectivity index (χ0v) is 56.2. The molecule has 2 nitrogen and oxygen atoms in total. The average Bonchev–Trinajstić information content (AvgIpc) is 0.884. The summed E-state index contributed by atoms with van der Waals surface area (Å²) in [5.41, 5.74) is 12.6. The molecular weight excluding hydrogens is 1280 g/mol. The van der Waals surface area contributed by atoms with Crippen LogP contribution in [-0.4, -0.2) is 0 Å². The number of furan rings is 2. The minimum absolute atomic E-state index is 0.0818. The van der Waals surface area contributed by atoms with Crippen LogP contribution in [0, 0.1) is 0 Å². The Hall–Kier alpha value is -13.9. The van der Waals surface area contributed by atoms with E-state index in [0.29, 0.717) is 44.6 Å². The molecule has 22 rings (SSSR count). The summed E-state index contributed by atoms with van der Waals surface area (Å²) in [6.07, 6.45) is 0. The van der Waals surface area contributed by atoms with E-state index in [0.717, 1.165) is 152 Å². The van der Waals surface area contributed by atoms with E-state index in [2.05, 4.69) is 78.9 Å². The molecule has 20 aromatic carbocycles. The zero-order chi connectivity index (χ0) is 87.2. The smallest absolute Gasteiger partial charge is 0.143 e. The second-order valence-electron chi connectivity index (χ2n) is 26.5. The van der Waals surface area contributed by atoms with Crippen LogP contribution >= 0.6 is 0 Å². The molecule has 2 heteroatoms. The first-order valence-corrected chi connectivity index (χ1v) is 34.9. The SMILES string of the molecule is [2H]c1c([2H])c([2H])c(-c2c3ccccc3c(-c3cc4ccccc4c4cc(-c5cccc6oc7c(-c8c([2H])c([2H])c([2H])c([2H])c8[2H])cccc7c56)ccc34)c3ccccc23)c([2H])c1[2H].[2H]c1c([2H])c([2H])c(-c2ccc3oc4ccc(-c5ccc6c(-c7c8ccccc8c(-c8c([2H])c([2H])c([2H])c([2H])c8[2H])c8ccccc78)cc7ccccc7c6c5)cc4c3c2)c([2H])c1[2H]. The van der Waals surface area contributed by atoms with Crippen LogP contribution in [0.4, 0.5) is 0 Å². The van der Waals surface area contributed by atoms with E-state index < -0.39 is 36.3 Å². The van der Waals surface area contributed by atoms with E-state index in [4.69, 9.17) is 36.2 Å². The van der Waals surface area contributed by atoms with Crippen molar-refractivity contribution in [1.82, 2.24) is 0 Å². The maximum absolute atomic E-state index is 8.99. The molecule has 0 saturated heterocycles. The van der Waals surface area contributed by atoms with Gasteiger partial charge in [0, 0.05) is 27.1 Å². The maximum atomic E-state index is 8.99. The normalized spacial score (nSPS) is 14.4. The molecule has 0 saturated carbocycles. The fraction of sp³-hybridized carbons (Fsp3) is 0. The van der Waals surface area contributed by atoms with Gasteiger partial charge in [-0.1, -0.05) is 333 Å². The average molecular weight is 1370 g/mol. The zero-order valence-electron chi connectivity index (χ0n) is 76.2. The highest BCUT2D eigenvalue weighted by Gasteiger charge is 2.24. The standard InChI is InChI=1S/2C52H32O/c1-3-15-33(16-4-1)39-26-13-27-45-51-38(25-14-28-48(51)53-52(39)45)36-29-30-40-46(31-36)37-20-8-7-19-35(37)32-47(40)50-43-23-11-9-21-41(43)49(34-17-5-2-6-18-34)42-22-10-12-24-44(42)50;1-3-13-33(14-4-1)35-24-27-49-46(30-35)47-31-37(25-28-50(47)53-49)36-23-26-40-45(29-36)39-18-8-7-17-38(39)32-48(40)52-43-21-11-9-19-41(43)51(34-15-5-2-6-16-34)42-20-10-12-22-44(42)52/h2*1-32H/i1D,2D,3D,4D,5D,6D,15D,16D,17D,18D;1D,2D,3D,4D,5D,6D,13D,14D,15D,16D. The third kappa shape index (κ3) is 9.95. The van der Waals surface area contributed by atoms with Gasteiger partial charge >= 0.3 is 0 Å². The van der Waals surface area contributed by atoms with Crippen molar-refractivity contribution < 1.29 is 36.2 Å². The van der Waals surface area contributed by atoms with Crippen LogP contribution < -0.4 is 0 Å². The van der Waals surface area contributed by atoms with Crippen molar-refractivity contribution in [2.45, 2.75) is 0 Å². The Bertz CT molecular complexity index is 8400. The lowest BCUT2D eigenvalue weighted by Crippen LogP contribution is -1.92. The molecule has 106 heavy (non-hydrogen) atoms. The number of para-hydroxylation sites is 1. The van der Waals surface area contributed by atoms with Crippen molar-refractivity contribution in [3.63, 3.8) is 0 Å². The van der Waals surface area contributed by atoms with E-state index in [1.807, 2.05) is 170 Å². The minimum atomic E-state index is -0.452. The highest BCUT2D eigenvalue weighted by Crippen LogP contribution is 2.51. The summed E-state index contributed by atoms with van der Waals surface area (Å²) in [4.78, 5) is 0. The van der Waals surface area contributed by atoms with Crippen LogP contribution in [0.5, 0.6) is 0 Å². The van der Waals surface area contributed by atoms with Gasteiger partial charge in [-0.25, -0.2) is 0 Å². The van der Waals surface area contributed by atoms with Crippen molar-refractivity contribution >= 4 is 130 Å². The summed E-state index contributed by atoms with van der Waals surface area (Å²) in [7, 11) is 0. The van der Waals surface area contributed by atoms with Crippen LogP contribution in [0.25, 0.3) is 219 Å². The van der Waals surface area contributed by atoms with E-state index in [1.54, 1.807) is 18.2 Å². The number of benzene rings is 20. The van der Waals surface area contributed by atoms with Gasteiger partial charge in [0.15, 0.2) is 0 Å². The second-order valence-corrected chi connectivity index (χ2v) is 26.5. The lowest BCUT2D eigenvalue weighted by atomic mass is 9.83. The molecule has 0 N–H and O–H groups in total. The lowest BCUT2D eigenvalue weighted by molar-refractivity contribution is 0.669. The quantitative estimate of drug-likeness (QED) is 0.112. The molecule has 0 fully saturated rings. The number of hydrogen-bond donors (Lipinski definition) is 0. The highest BCUT2D eigenvalue weighted by molar-refractivity contribution is 6.29. The van der Waals surface area contributed by atoms with Gasteiger partial charge in [0.1, 0.15) is 22.3 Å². The molecule has 22 aromatic rings. The third-order valence-corrected chi connectivity index (χ3v) is 20.8.